The SMILES string of the molecule is c1ccc(-c2ccc(-c3c4ccc(-c5ccccc5)cc4c(-c4ccc(-c5ccc6c(c5)c5cc(-c7ccccc7)ccc5n6-c5ccccc5)cc4)c4ccc(-c5ccccc5)cc34)cc2)cc1.c1ccc(-c2ccc(-c3ccc(-c4c5ccc(-c6ccccc6)cc5c(-c5ccc(-c6ccc7c(c6)c6cc(-c8ccccc8)ccc6n7-c6ccccc6)cc5)c5ccc(-c6ccccc6)cc45)cc3)cc2)cc1. The molecule has 0 aliphatic carbocycles. The van der Waals surface area contributed by atoms with Gasteiger partial charge in [-0.2, -0.15) is 0 Å². The molecule has 0 N–H and O–H groups in total. The van der Waals surface area contributed by atoms with Crippen molar-refractivity contribution in [2.45, 2.75) is 0 Å². The summed E-state index contributed by atoms with van der Waals surface area (Å²) in [7, 11) is 0. The minimum absolute atomic E-state index is 1.15. The van der Waals surface area contributed by atoms with Crippen LogP contribution in [0, 0.1) is 0 Å². The molecule has 2 heteroatoms. The molecule has 0 aliphatic rings. The summed E-state index contributed by atoms with van der Waals surface area (Å²) in [5.41, 5.74) is 43.2. The summed E-state index contributed by atoms with van der Waals surface area (Å²) in [6, 6.07) is 209. The van der Waals surface area contributed by atoms with Gasteiger partial charge in [-0.1, -0.05) is 473 Å². The van der Waals surface area contributed by atoms with Crippen molar-refractivity contribution in [3.63, 3.8) is 0 Å². The Hall–Kier alpha value is -18.9. The van der Waals surface area contributed by atoms with E-state index in [9.17, 15) is 0 Å². The molecule has 144 heavy (non-hydrogen) atoms. The Balaban J connectivity index is 0.000000147. The van der Waals surface area contributed by atoms with Crippen LogP contribution in [-0.2, 0) is 0 Å². The predicted molar refractivity (Wildman–Crippen MR) is 613 cm³/mol. The normalized spacial score (nSPS) is 11.5. The third-order valence-corrected chi connectivity index (χ3v) is 29.2. The van der Waals surface area contributed by atoms with E-state index < -0.39 is 0 Å². The molecule has 27 aromatic rings. The van der Waals surface area contributed by atoms with E-state index in [-0.39, 0.29) is 0 Å². The number of rotatable bonds is 17. The van der Waals surface area contributed by atoms with Crippen LogP contribution in [0.2, 0.25) is 0 Å². The number of benzene rings is 25. The highest BCUT2D eigenvalue weighted by Gasteiger charge is 2.25. The molecule has 0 bridgehead atoms. The van der Waals surface area contributed by atoms with Gasteiger partial charge in [0.05, 0.1) is 22.1 Å². The lowest BCUT2D eigenvalue weighted by Gasteiger charge is -2.20. The highest BCUT2D eigenvalue weighted by Crippen LogP contribution is 2.51. The summed E-state index contributed by atoms with van der Waals surface area (Å²) in [6.07, 6.45) is 0. The molecule has 2 heterocycles. The van der Waals surface area contributed by atoms with E-state index in [0.717, 1.165) is 11.4 Å². The number of para-hydroxylation sites is 2. The van der Waals surface area contributed by atoms with Gasteiger partial charge in [-0.05, 0) is 307 Å². The van der Waals surface area contributed by atoms with Crippen molar-refractivity contribution in [2.75, 3.05) is 0 Å². The number of fused-ring (bicyclic) bond motifs is 10. The van der Waals surface area contributed by atoms with E-state index in [1.807, 2.05) is 0 Å². The van der Waals surface area contributed by atoms with Crippen molar-refractivity contribution < 1.29 is 0 Å². The van der Waals surface area contributed by atoms with Gasteiger partial charge in [0.2, 0.25) is 0 Å². The second-order valence-corrected chi connectivity index (χ2v) is 37.6. The van der Waals surface area contributed by atoms with Crippen LogP contribution in [0.5, 0.6) is 0 Å². The van der Waals surface area contributed by atoms with E-state index in [4.69, 9.17) is 0 Å². The summed E-state index contributed by atoms with van der Waals surface area (Å²) in [4.78, 5) is 0. The molecule has 0 saturated heterocycles. The van der Waals surface area contributed by atoms with E-state index in [0.29, 0.717) is 0 Å². The maximum Gasteiger partial charge on any atom is 0.0541 e. The minimum Gasteiger partial charge on any atom is -0.309 e. The lowest BCUT2D eigenvalue weighted by Crippen LogP contribution is -1.93. The van der Waals surface area contributed by atoms with Crippen LogP contribution in [0.4, 0.5) is 0 Å². The quantitative estimate of drug-likeness (QED) is 0.0804. The summed E-state index contributed by atoms with van der Waals surface area (Å²) in [5.74, 6) is 0. The van der Waals surface area contributed by atoms with Gasteiger partial charge in [0.15, 0.2) is 0 Å². The molecule has 0 saturated carbocycles. The fourth-order valence-corrected chi connectivity index (χ4v) is 22.1. The summed E-state index contributed by atoms with van der Waals surface area (Å²) < 4.78 is 4.80. The largest absolute Gasteiger partial charge is 0.309 e. The van der Waals surface area contributed by atoms with Crippen LogP contribution in [-0.4, -0.2) is 9.13 Å². The van der Waals surface area contributed by atoms with Crippen molar-refractivity contribution in [2.24, 2.45) is 0 Å². The average molecular weight is 1830 g/mol. The first-order valence-corrected chi connectivity index (χ1v) is 49.7. The molecule has 2 aromatic heterocycles. The zero-order valence-corrected chi connectivity index (χ0v) is 79.2. The zero-order chi connectivity index (χ0) is 95.3. The van der Waals surface area contributed by atoms with E-state index in [2.05, 4.69) is 579 Å². The minimum atomic E-state index is 1.15. The van der Waals surface area contributed by atoms with Crippen molar-refractivity contribution in [1.29, 1.82) is 0 Å². The lowest BCUT2D eigenvalue weighted by atomic mass is 9.83. The number of hydrogen-bond donors (Lipinski definition) is 0. The summed E-state index contributed by atoms with van der Waals surface area (Å²) in [6.45, 7) is 0. The van der Waals surface area contributed by atoms with Gasteiger partial charge in [-0.15, -0.1) is 0 Å². The Morgan fingerprint density at radius 1 is 0.0833 bits per heavy atom. The van der Waals surface area contributed by atoms with Crippen LogP contribution in [0.15, 0.2) is 570 Å². The first-order valence-electron chi connectivity index (χ1n) is 49.7. The number of nitrogens with zero attached hydrogens (tertiary/aromatic N) is 2. The summed E-state index contributed by atoms with van der Waals surface area (Å²) >= 11 is 0. The first-order chi connectivity index (χ1) is 71.4. The van der Waals surface area contributed by atoms with E-state index >= 15 is 0 Å². The molecule has 2 nitrogen and oxygen atoms in total. The van der Waals surface area contributed by atoms with Gasteiger partial charge in [0, 0.05) is 32.9 Å². The molecule has 0 amide bonds. The fourth-order valence-electron chi connectivity index (χ4n) is 22.1. The smallest absolute Gasteiger partial charge is 0.0541 e. The third kappa shape index (κ3) is 16.0. The molecule has 0 aliphatic heterocycles. The van der Waals surface area contributed by atoms with E-state index in [1.165, 1.54) is 254 Å². The van der Waals surface area contributed by atoms with Crippen molar-refractivity contribution >= 4 is 86.7 Å². The van der Waals surface area contributed by atoms with Gasteiger partial charge in [0.25, 0.3) is 0 Å². The second-order valence-electron chi connectivity index (χ2n) is 37.6. The maximum absolute atomic E-state index is 2.42. The molecular formula is C142H94N2. The van der Waals surface area contributed by atoms with Crippen LogP contribution in [0.1, 0.15) is 0 Å². The van der Waals surface area contributed by atoms with Crippen molar-refractivity contribution in [3.05, 3.63) is 570 Å². The van der Waals surface area contributed by atoms with Crippen LogP contribution in [0.25, 0.3) is 265 Å². The molecule has 0 atom stereocenters. The molecule has 0 radical (unpaired) electrons. The maximum atomic E-state index is 2.42. The van der Waals surface area contributed by atoms with Crippen LogP contribution < -0.4 is 0 Å². The second kappa shape index (κ2) is 37.1. The van der Waals surface area contributed by atoms with Crippen LogP contribution in [0.3, 0.4) is 0 Å². The molecule has 25 aromatic carbocycles. The van der Waals surface area contributed by atoms with Gasteiger partial charge in [-0.3, -0.25) is 0 Å². The molecule has 27 rings (SSSR count). The number of hydrogen-bond acceptors (Lipinski definition) is 0. The highest BCUT2D eigenvalue weighted by atomic mass is 15.0. The summed E-state index contributed by atoms with van der Waals surface area (Å²) in [5, 5.41) is 14.8. The van der Waals surface area contributed by atoms with Gasteiger partial charge in [0.1, 0.15) is 0 Å². The van der Waals surface area contributed by atoms with Gasteiger partial charge >= 0.3 is 0 Å². The zero-order valence-electron chi connectivity index (χ0n) is 79.2. The fraction of sp³-hybridized carbons (Fsp3) is 0. The topological polar surface area (TPSA) is 9.86 Å². The predicted octanol–water partition coefficient (Wildman–Crippen LogP) is 39.2. The Kier molecular flexibility index (Phi) is 22.1. The molecule has 672 valence electrons. The first kappa shape index (κ1) is 85.6. The Morgan fingerprint density at radius 3 is 0.389 bits per heavy atom. The molecule has 0 spiro atoms. The Labute approximate surface area is 838 Å². The Bertz CT molecular complexity index is 9460. The molecule has 0 fully saturated rings. The van der Waals surface area contributed by atoms with Gasteiger partial charge < -0.3 is 9.13 Å². The number of aromatic nitrogens is 2. The average Bonchev–Trinajstić information content (AvgIpc) is 1.43. The van der Waals surface area contributed by atoms with Crippen molar-refractivity contribution in [3.8, 4) is 178 Å². The van der Waals surface area contributed by atoms with Crippen molar-refractivity contribution in [1.82, 2.24) is 9.13 Å². The van der Waals surface area contributed by atoms with Gasteiger partial charge in [-0.25, -0.2) is 0 Å². The van der Waals surface area contributed by atoms with E-state index in [1.54, 1.807) is 0 Å². The lowest BCUT2D eigenvalue weighted by molar-refractivity contribution is 1.18. The monoisotopic (exact) mass is 1830 g/mol. The highest BCUT2D eigenvalue weighted by molar-refractivity contribution is 6.25. The molecular weight excluding hydrogens is 1730 g/mol. The molecule has 0 unspecified atom stereocenters. The standard InChI is InChI=1S/C74H49N.C68H45N/c1-6-16-50(17-7-1)54-26-28-55(29-27-54)56-30-34-58(35-31-56)73-65-42-38-61(52-20-10-3-11-21-52)49-70(65)74(66-43-39-60(48-69(66)73)51-18-8-2-9-19-51)59-36-32-57(33-37-59)63-41-45-72-68(47-63)67-46-62(53-22-12-4-13-23-53)40-44-71(67)75(72)64-24-14-5-15-25-64;1-6-16-46(17-7-1)50-26-30-52(31-27-50)67-59-38-34-55(48-20-10-3-11-21-48)45-64(59)68(60-39-35-54(44-63(60)67)47-18-8-2-9-19-47)53-32-28-51(29-33-53)57-37-41-66-62(43-57)61-42-56(49-22-12-4-13-23-49)36-40-65(61)69(66)58-24-14-5-15-25-58/h1-49H;1-45H. The van der Waals surface area contributed by atoms with Crippen LogP contribution >= 0.6 is 0 Å². The third-order valence-electron chi connectivity index (χ3n) is 29.2. The Morgan fingerprint density at radius 2 is 0.208 bits per heavy atom.